The van der Waals surface area contributed by atoms with Gasteiger partial charge in [-0.2, -0.15) is 23.5 Å². The van der Waals surface area contributed by atoms with Crippen molar-refractivity contribution in [2.45, 2.75) is 38.5 Å². The first-order valence-electron chi connectivity index (χ1n) is 9.20. The van der Waals surface area contributed by atoms with Gasteiger partial charge in [0.25, 0.3) is 5.56 Å². The first kappa shape index (κ1) is 20.8. The summed E-state index contributed by atoms with van der Waals surface area (Å²) in [7, 11) is 0. The van der Waals surface area contributed by atoms with Gasteiger partial charge in [-0.05, 0) is 25.5 Å². The summed E-state index contributed by atoms with van der Waals surface area (Å²) < 4.78 is 38.7. The summed E-state index contributed by atoms with van der Waals surface area (Å²) in [5, 5.41) is 15.3. The number of nitriles is 1. The maximum Gasteiger partial charge on any atom is 0.394 e. The molecule has 1 aliphatic rings. The average molecular weight is 406 g/mol. The summed E-state index contributed by atoms with van der Waals surface area (Å²) in [6, 6.07) is 4.93. The number of alkyl halides is 3. The van der Waals surface area contributed by atoms with Gasteiger partial charge in [-0.15, -0.1) is 0 Å². The summed E-state index contributed by atoms with van der Waals surface area (Å²) >= 11 is 0. The maximum atomic E-state index is 12.9. The van der Waals surface area contributed by atoms with Crippen molar-refractivity contribution in [3.63, 3.8) is 0 Å². The molecule has 0 radical (unpaired) electrons. The average Bonchev–Trinajstić information content (AvgIpc) is 2.66. The van der Waals surface area contributed by atoms with E-state index >= 15 is 0 Å². The molecule has 3 rings (SSSR count). The van der Waals surface area contributed by atoms with Crippen LogP contribution in [-0.4, -0.2) is 51.9 Å². The number of piperazine rings is 1. The quantitative estimate of drug-likeness (QED) is 0.839. The number of rotatable bonds is 4. The van der Waals surface area contributed by atoms with Crippen LogP contribution in [-0.2, 0) is 6.42 Å². The summed E-state index contributed by atoms with van der Waals surface area (Å²) in [6.45, 7) is 5.44. The Bertz CT molecular complexity index is 967. The summed E-state index contributed by atoms with van der Waals surface area (Å²) in [6.07, 6.45) is -2.55. The molecule has 154 valence electrons. The van der Waals surface area contributed by atoms with Crippen molar-refractivity contribution in [2.75, 3.05) is 24.5 Å². The molecule has 1 saturated heterocycles. The summed E-state index contributed by atoms with van der Waals surface area (Å²) in [5.74, 6) is 0. The Morgan fingerprint density at radius 1 is 1.41 bits per heavy atom. The minimum absolute atomic E-state index is 0.00747. The molecular formula is C19H21F3N6O. The fraction of sp³-hybridized carbons (Fsp3) is 0.474. The van der Waals surface area contributed by atoms with Crippen molar-refractivity contribution < 1.29 is 13.2 Å². The molecule has 0 aromatic carbocycles. The number of aromatic nitrogens is 3. The van der Waals surface area contributed by atoms with Gasteiger partial charge >= 0.3 is 6.18 Å². The highest BCUT2D eigenvalue weighted by Gasteiger charge is 2.33. The van der Waals surface area contributed by atoms with Crippen LogP contribution in [0.3, 0.4) is 0 Å². The summed E-state index contributed by atoms with van der Waals surface area (Å²) in [5.41, 5.74) is 0.526. The zero-order valence-corrected chi connectivity index (χ0v) is 16.1. The van der Waals surface area contributed by atoms with Gasteiger partial charge in [0.15, 0.2) is 0 Å². The van der Waals surface area contributed by atoms with E-state index in [9.17, 15) is 23.2 Å². The minimum Gasteiger partial charge on any atom is -0.364 e. The van der Waals surface area contributed by atoms with Gasteiger partial charge in [0.1, 0.15) is 11.6 Å². The van der Waals surface area contributed by atoms with Crippen molar-refractivity contribution in [3.8, 4) is 6.07 Å². The van der Waals surface area contributed by atoms with E-state index in [2.05, 4.69) is 20.1 Å². The van der Waals surface area contributed by atoms with Crippen LogP contribution < -0.4 is 10.5 Å². The molecule has 1 fully saturated rings. The second kappa shape index (κ2) is 8.21. The van der Waals surface area contributed by atoms with E-state index < -0.39 is 18.2 Å². The first-order valence-corrected chi connectivity index (χ1v) is 9.20. The number of H-pyrrole nitrogens is 1. The van der Waals surface area contributed by atoms with E-state index in [0.717, 1.165) is 0 Å². The van der Waals surface area contributed by atoms with Gasteiger partial charge in [-0.3, -0.25) is 14.7 Å². The van der Waals surface area contributed by atoms with Gasteiger partial charge in [0.05, 0.1) is 24.0 Å². The number of aromatic amines is 1. The van der Waals surface area contributed by atoms with Crippen LogP contribution >= 0.6 is 0 Å². The molecule has 0 bridgehead atoms. The van der Waals surface area contributed by atoms with E-state index in [1.807, 2.05) is 24.8 Å². The molecule has 1 aliphatic heterocycles. The Morgan fingerprint density at radius 3 is 2.83 bits per heavy atom. The number of hydrogen-bond donors (Lipinski definition) is 1. The molecule has 10 heteroatoms. The van der Waals surface area contributed by atoms with Crippen LogP contribution in [0.5, 0.6) is 0 Å². The SMILES string of the molecule is CC(c1cccnc1CC(F)(F)F)N1CCN(c2cn[nH]c(=O)c2C#N)[C@H](C)C1. The second-order valence-electron chi connectivity index (χ2n) is 7.12. The molecular weight excluding hydrogens is 385 g/mol. The predicted octanol–water partition coefficient (Wildman–Crippen LogP) is 2.41. The van der Waals surface area contributed by atoms with Gasteiger partial charge < -0.3 is 4.90 Å². The van der Waals surface area contributed by atoms with Gasteiger partial charge in [-0.1, -0.05) is 6.07 Å². The highest BCUT2D eigenvalue weighted by molar-refractivity contribution is 5.57. The Hall–Kier alpha value is -2.93. The lowest BCUT2D eigenvalue weighted by Crippen LogP contribution is -2.53. The third-order valence-electron chi connectivity index (χ3n) is 5.21. The maximum absolute atomic E-state index is 12.9. The van der Waals surface area contributed by atoms with Crippen LogP contribution in [0.2, 0.25) is 0 Å². The Kier molecular flexibility index (Phi) is 5.88. The number of hydrogen-bond acceptors (Lipinski definition) is 6. The summed E-state index contributed by atoms with van der Waals surface area (Å²) in [4.78, 5) is 19.8. The number of nitrogens with one attached hydrogen (secondary N) is 1. The molecule has 1 N–H and O–H groups in total. The minimum atomic E-state index is -4.32. The fourth-order valence-corrected chi connectivity index (χ4v) is 3.78. The van der Waals surface area contributed by atoms with E-state index in [1.165, 1.54) is 12.4 Å². The normalized spacial score (nSPS) is 19.0. The smallest absolute Gasteiger partial charge is 0.364 e. The van der Waals surface area contributed by atoms with Crippen LogP contribution in [0.15, 0.2) is 29.3 Å². The van der Waals surface area contributed by atoms with Gasteiger partial charge in [0.2, 0.25) is 0 Å². The van der Waals surface area contributed by atoms with Crippen molar-refractivity contribution in [1.29, 1.82) is 5.26 Å². The van der Waals surface area contributed by atoms with E-state index in [0.29, 0.717) is 30.9 Å². The highest BCUT2D eigenvalue weighted by atomic mass is 19.4. The Balaban J connectivity index is 1.80. The molecule has 0 aliphatic carbocycles. The monoisotopic (exact) mass is 406 g/mol. The molecule has 1 unspecified atom stereocenters. The number of anilines is 1. The zero-order chi connectivity index (χ0) is 21.2. The van der Waals surface area contributed by atoms with Crippen molar-refractivity contribution >= 4 is 5.69 Å². The largest absolute Gasteiger partial charge is 0.394 e. The Labute approximate surface area is 165 Å². The van der Waals surface area contributed by atoms with E-state index in [4.69, 9.17) is 0 Å². The van der Waals surface area contributed by atoms with Gasteiger partial charge in [0, 0.05) is 37.9 Å². The second-order valence-corrected chi connectivity index (χ2v) is 7.12. The lowest BCUT2D eigenvalue weighted by Gasteiger charge is -2.43. The zero-order valence-electron chi connectivity index (χ0n) is 16.1. The number of pyridine rings is 1. The van der Waals surface area contributed by atoms with Crippen LogP contribution in [0, 0.1) is 11.3 Å². The molecule has 29 heavy (non-hydrogen) atoms. The van der Waals surface area contributed by atoms with E-state index in [-0.39, 0.29) is 23.3 Å². The molecule has 0 amide bonds. The molecule has 7 nitrogen and oxygen atoms in total. The molecule has 2 aromatic heterocycles. The number of nitrogens with zero attached hydrogens (tertiary/aromatic N) is 5. The Morgan fingerprint density at radius 2 is 2.17 bits per heavy atom. The van der Waals surface area contributed by atoms with Crippen LogP contribution in [0.25, 0.3) is 0 Å². The lowest BCUT2D eigenvalue weighted by atomic mass is 10.0. The van der Waals surface area contributed by atoms with Gasteiger partial charge in [-0.25, -0.2) is 5.10 Å². The van der Waals surface area contributed by atoms with Crippen LogP contribution in [0.1, 0.15) is 36.7 Å². The molecule has 0 saturated carbocycles. The first-order chi connectivity index (χ1) is 13.7. The molecule has 3 heterocycles. The molecule has 2 atom stereocenters. The third kappa shape index (κ3) is 4.56. The third-order valence-corrected chi connectivity index (χ3v) is 5.21. The predicted molar refractivity (Wildman–Crippen MR) is 100 cm³/mol. The number of halogens is 3. The molecule has 0 spiro atoms. The molecule has 2 aromatic rings. The lowest BCUT2D eigenvalue weighted by molar-refractivity contribution is -0.128. The van der Waals surface area contributed by atoms with Crippen molar-refractivity contribution in [3.05, 3.63) is 51.7 Å². The topological polar surface area (TPSA) is 88.9 Å². The van der Waals surface area contributed by atoms with Crippen molar-refractivity contribution in [2.24, 2.45) is 0 Å². The fourth-order valence-electron chi connectivity index (χ4n) is 3.78. The van der Waals surface area contributed by atoms with E-state index in [1.54, 1.807) is 12.1 Å². The van der Waals surface area contributed by atoms with Crippen molar-refractivity contribution in [1.82, 2.24) is 20.1 Å². The standard InChI is InChI=1S/C19H21F3N6O/c1-12-11-27(6-7-28(12)17-10-25-26-18(29)15(17)9-23)13(2)14-4-3-5-24-16(14)8-19(20,21)22/h3-5,10,12-13H,6-8,11H2,1-2H3,(H,26,29)/t12-,13?/m1/s1. The van der Waals surface area contributed by atoms with Crippen LogP contribution in [0.4, 0.5) is 18.9 Å². The highest BCUT2D eigenvalue weighted by Crippen LogP contribution is 2.30.